The Hall–Kier alpha value is -2.69. The van der Waals surface area contributed by atoms with Crippen LogP contribution in [0.25, 0.3) is 0 Å². The second-order valence-electron chi connectivity index (χ2n) is 5.44. The first-order valence-corrected chi connectivity index (χ1v) is 7.08. The highest BCUT2D eigenvalue weighted by atomic mass is 16.5. The van der Waals surface area contributed by atoms with E-state index in [-0.39, 0.29) is 23.3 Å². The third-order valence-corrected chi connectivity index (χ3v) is 3.79. The van der Waals surface area contributed by atoms with Crippen molar-refractivity contribution in [3.05, 3.63) is 47.5 Å². The fourth-order valence-electron chi connectivity index (χ4n) is 2.69. The first kappa shape index (κ1) is 14.3. The maximum absolute atomic E-state index is 11.0. The highest BCUT2D eigenvalue weighted by Gasteiger charge is 2.25. The molecule has 0 aromatic heterocycles. The van der Waals surface area contributed by atoms with Crippen LogP contribution in [-0.4, -0.2) is 22.7 Å². The van der Waals surface area contributed by atoms with Gasteiger partial charge in [0.2, 0.25) is 11.7 Å². The molecule has 1 unspecified atom stereocenters. The molecule has 1 heterocycles. The molecule has 1 amide bonds. The van der Waals surface area contributed by atoms with Crippen LogP contribution in [0.2, 0.25) is 0 Å². The summed E-state index contributed by atoms with van der Waals surface area (Å²) in [7, 11) is 0. The van der Waals surface area contributed by atoms with Crippen LogP contribution in [0.3, 0.4) is 0 Å². The van der Waals surface area contributed by atoms with Crippen LogP contribution in [-0.2, 0) is 11.2 Å². The van der Waals surface area contributed by atoms with Gasteiger partial charge >= 0.3 is 0 Å². The van der Waals surface area contributed by atoms with E-state index in [1.807, 2.05) is 24.3 Å². The number of rotatable bonds is 2. The minimum Gasteiger partial charge on any atom is -0.504 e. The summed E-state index contributed by atoms with van der Waals surface area (Å²) in [5.41, 5.74) is 2.74. The number of ether oxygens (including phenoxy) is 1. The van der Waals surface area contributed by atoms with Gasteiger partial charge in [0.1, 0.15) is 0 Å². The van der Waals surface area contributed by atoms with Crippen LogP contribution < -0.4 is 10.1 Å². The lowest BCUT2D eigenvalue weighted by molar-refractivity contribution is -0.114. The number of amides is 1. The van der Waals surface area contributed by atoms with Crippen LogP contribution in [0.1, 0.15) is 24.0 Å². The van der Waals surface area contributed by atoms with Crippen LogP contribution in [0, 0.1) is 0 Å². The monoisotopic (exact) mass is 299 g/mol. The molecule has 0 aliphatic carbocycles. The van der Waals surface area contributed by atoms with Gasteiger partial charge in [0.05, 0.1) is 6.61 Å². The third kappa shape index (κ3) is 2.70. The van der Waals surface area contributed by atoms with Gasteiger partial charge < -0.3 is 20.3 Å². The lowest BCUT2D eigenvalue weighted by Gasteiger charge is -2.26. The van der Waals surface area contributed by atoms with Crippen molar-refractivity contribution in [3.8, 4) is 17.2 Å². The first-order valence-electron chi connectivity index (χ1n) is 7.08. The van der Waals surface area contributed by atoms with E-state index < -0.39 is 0 Å². The van der Waals surface area contributed by atoms with E-state index in [1.165, 1.54) is 13.0 Å². The Balaban J connectivity index is 1.80. The Kier molecular flexibility index (Phi) is 3.63. The molecule has 0 bridgehead atoms. The van der Waals surface area contributed by atoms with Crippen molar-refractivity contribution in [2.45, 2.75) is 19.3 Å². The minimum absolute atomic E-state index is 0.0991. The minimum atomic E-state index is -0.197. The molecular weight excluding hydrogens is 282 g/mol. The summed E-state index contributed by atoms with van der Waals surface area (Å²) >= 11 is 0. The number of carbonyl (C=O) groups is 1. The average molecular weight is 299 g/mol. The van der Waals surface area contributed by atoms with Crippen LogP contribution in [0.4, 0.5) is 5.69 Å². The number of nitrogens with one attached hydrogen (secondary N) is 1. The van der Waals surface area contributed by atoms with Crippen molar-refractivity contribution in [1.82, 2.24) is 0 Å². The highest BCUT2D eigenvalue weighted by Crippen LogP contribution is 2.43. The molecule has 3 rings (SSSR count). The molecule has 2 aromatic carbocycles. The Morgan fingerprint density at radius 1 is 1.18 bits per heavy atom. The number of hydrogen-bond donors (Lipinski definition) is 3. The quantitative estimate of drug-likeness (QED) is 0.745. The van der Waals surface area contributed by atoms with Gasteiger partial charge in [-0.15, -0.1) is 0 Å². The molecule has 0 saturated heterocycles. The summed E-state index contributed by atoms with van der Waals surface area (Å²) in [6.45, 7) is 1.91. The van der Waals surface area contributed by atoms with Gasteiger partial charge in [0, 0.05) is 18.5 Å². The normalized spacial score (nSPS) is 16.5. The second kappa shape index (κ2) is 5.60. The molecule has 5 heteroatoms. The van der Waals surface area contributed by atoms with Crippen molar-refractivity contribution in [1.29, 1.82) is 0 Å². The van der Waals surface area contributed by atoms with Crippen molar-refractivity contribution in [2.24, 2.45) is 0 Å². The van der Waals surface area contributed by atoms with E-state index in [4.69, 9.17) is 4.74 Å². The summed E-state index contributed by atoms with van der Waals surface area (Å²) in [4.78, 5) is 11.0. The lowest BCUT2D eigenvalue weighted by Crippen LogP contribution is -2.19. The fourth-order valence-corrected chi connectivity index (χ4v) is 2.69. The highest BCUT2D eigenvalue weighted by molar-refractivity contribution is 5.88. The lowest BCUT2D eigenvalue weighted by atomic mass is 9.90. The molecule has 5 nitrogen and oxygen atoms in total. The maximum Gasteiger partial charge on any atom is 0.221 e. The molecule has 0 fully saturated rings. The molecule has 1 atom stereocenters. The van der Waals surface area contributed by atoms with Crippen molar-refractivity contribution < 1.29 is 19.7 Å². The Morgan fingerprint density at radius 3 is 2.59 bits per heavy atom. The number of benzene rings is 2. The Morgan fingerprint density at radius 2 is 1.91 bits per heavy atom. The fraction of sp³-hybridized carbons (Fsp3) is 0.235. The number of anilines is 1. The van der Waals surface area contributed by atoms with Gasteiger partial charge in [-0.3, -0.25) is 4.79 Å². The molecule has 1 aliphatic rings. The second-order valence-corrected chi connectivity index (χ2v) is 5.44. The van der Waals surface area contributed by atoms with Gasteiger partial charge in [-0.25, -0.2) is 0 Å². The largest absolute Gasteiger partial charge is 0.504 e. The van der Waals surface area contributed by atoms with Gasteiger partial charge in [-0.05, 0) is 35.7 Å². The summed E-state index contributed by atoms with van der Waals surface area (Å²) in [6.07, 6.45) is 0.725. The van der Waals surface area contributed by atoms with E-state index in [1.54, 1.807) is 6.07 Å². The van der Waals surface area contributed by atoms with E-state index >= 15 is 0 Å². The maximum atomic E-state index is 11.0. The molecule has 0 radical (unpaired) electrons. The zero-order valence-electron chi connectivity index (χ0n) is 12.2. The number of phenolic OH excluding ortho intramolecular Hbond substituents is 2. The van der Waals surface area contributed by atoms with Gasteiger partial charge in [0.25, 0.3) is 0 Å². The number of phenols is 2. The van der Waals surface area contributed by atoms with Crippen molar-refractivity contribution in [2.75, 3.05) is 11.9 Å². The predicted octanol–water partition coefficient (Wildman–Crippen LogP) is 2.77. The van der Waals surface area contributed by atoms with E-state index in [0.717, 1.165) is 23.2 Å². The topological polar surface area (TPSA) is 78.8 Å². The van der Waals surface area contributed by atoms with Crippen LogP contribution >= 0.6 is 0 Å². The van der Waals surface area contributed by atoms with E-state index in [9.17, 15) is 15.0 Å². The smallest absolute Gasteiger partial charge is 0.221 e. The predicted molar refractivity (Wildman–Crippen MR) is 82.5 cm³/mol. The summed E-state index contributed by atoms with van der Waals surface area (Å²) in [5.74, 6) is 0.0701. The van der Waals surface area contributed by atoms with E-state index in [2.05, 4.69) is 5.32 Å². The molecule has 2 aromatic rings. The van der Waals surface area contributed by atoms with Crippen LogP contribution in [0.5, 0.6) is 17.2 Å². The Bertz CT molecular complexity index is 709. The number of fused-ring (bicyclic) bond motifs is 1. The first-order chi connectivity index (χ1) is 10.5. The summed E-state index contributed by atoms with van der Waals surface area (Å²) < 4.78 is 5.62. The molecule has 0 saturated carbocycles. The molecular formula is C17H17NO4. The third-order valence-electron chi connectivity index (χ3n) is 3.79. The standard InChI is InChI=1S/C17H17NO4/c1-10(19)18-14-5-2-11(3-6-14)13-8-12-4-7-15(20)16(21)17(12)22-9-13/h2-7,13,20-21H,8-9H2,1H3,(H,18,19). The summed E-state index contributed by atoms with van der Waals surface area (Å²) in [5, 5.41) is 22.0. The molecule has 22 heavy (non-hydrogen) atoms. The zero-order chi connectivity index (χ0) is 15.7. The number of carbonyl (C=O) groups excluding carboxylic acids is 1. The number of aromatic hydroxyl groups is 2. The number of hydrogen-bond acceptors (Lipinski definition) is 4. The molecule has 0 spiro atoms. The molecule has 114 valence electrons. The van der Waals surface area contributed by atoms with Crippen molar-refractivity contribution >= 4 is 11.6 Å². The van der Waals surface area contributed by atoms with Gasteiger partial charge in [-0.1, -0.05) is 18.2 Å². The summed E-state index contributed by atoms with van der Waals surface area (Å²) in [6, 6.07) is 10.9. The van der Waals surface area contributed by atoms with Crippen molar-refractivity contribution in [3.63, 3.8) is 0 Å². The van der Waals surface area contributed by atoms with Gasteiger partial charge in [0.15, 0.2) is 11.5 Å². The SMILES string of the molecule is CC(=O)Nc1ccc(C2COc3c(ccc(O)c3O)C2)cc1. The average Bonchev–Trinajstić information content (AvgIpc) is 2.51. The van der Waals surface area contributed by atoms with Crippen LogP contribution in [0.15, 0.2) is 36.4 Å². The molecule has 3 N–H and O–H groups in total. The van der Waals surface area contributed by atoms with Gasteiger partial charge in [-0.2, -0.15) is 0 Å². The zero-order valence-corrected chi connectivity index (χ0v) is 12.2. The Labute approximate surface area is 128 Å². The molecule has 1 aliphatic heterocycles. The van der Waals surface area contributed by atoms with E-state index in [0.29, 0.717) is 12.4 Å².